The summed E-state index contributed by atoms with van der Waals surface area (Å²) in [5.74, 6) is -0.0411. The minimum Gasteiger partial charge on any atom is -0.480 e. The lowest BCUT2D eigenvalue weighted by atomic mass is 10.2. The van der Waals surface area contributed by atoms with Gasteiger partial charge in [-0.2, -0.15) is 11.8 Å². The maximum absolute atomic E-state index is 12.6. The lowest BCUT2D eigenvalue weighted by molar-refractivity contribution is -0.141. The molecular weight excluding hydrogens is 300 g/mol. The number of aromatic nitrogens is 1. The quantitative estimate of drug-likeness (QED) is 0.930. The van der Waals surface area contributed by atoms with Crippen LogP contribution >= 0.6 is 23.4 Å². The maximum atomic E-state index is 12.6. The summed E-state index contributed by atoms with van der Waals surface area (Å²) in [6, 6.07) is 0.921. The predicted molar refractivity (Wildman–Crippen MR) is 79.6 cm³/mol. The van der Waals surface area contributed by atoms with Crippen LogP contribution in [0.25, 0.3) is 0 Å². The van der Waals surface area contributed by atoms with Crippen molar-refractivity contribution in [3.05, 3.63) is 23.0 Å². The van der Waals surface area contributed by atoms with Crippen LogP contribution in [0.2, 0.25) is 5.02 Å². The topological polar surface area (TPSA) is 62.5 Å². The van der Waals surface area contributed by atoms with E-state index in [0.717, 1.165) is 5.75 Å². The Morgan fingerprint density at radius 3 is 2.80 bits per heavy atom. The molecule has 20 heavy (non-hydrogen) atoms. The number of carboxylic acids is 1. The van der Waals surface area contributed by atoms with Gasteiger partial charge in [-0.3, -0.25) is 4.79 Å². The van der Waals surface area contributed by atoms with E-state index < -0.39 is 12.0 Å². The van der Waals surface area contributed by atoms with E-state index in [1.165, 1.54) is 4.90 Å². The maximum Gasteiger partial charge on any atom is 0.327 e. The normalized spacial score (nSPS) is 19.4. The SMILES string of the molecule is CC(C)n1cc(Cl)cc1C(=O)N1CCSCC1C(=O)O. The van der Waals surface area contributed by atoms with Crippen LogP contribution in [0.15, 0.2) is 12.3 Å². The van der Waals surface area contributed by atoms with Crippen LogP contribution in [-0.2, 0) is 4.79 Å². The van der Waals surface area contributed by atoms with Crippen molar-refractivity contribution < 1.29 is 14.7 Å². The minimum atomic E-state index is -0.959. The number of amides is 1. The number of halogens is 1. The van der Waals surface area contributed by atoms with Crippen molar-refractivity contribution in [1.82, 2.24) is 9.47 Å². The van der Waals surface area contributed by atoms with Gasteiger partial charge >= 0.3 is 5.97 Å². The standard InChI is InChI=1S/C13H17ClN2O3S/c1-8(2)16-6-9(14)5-10(16)12(17)15-3-4-20-7-11(15)13(18)19/h5-6,8,11H,3-4,7H2,1-2H3,(H,18,19). The molecule has 2 heterocycles. The highest BCUT2D eigenvalue weighted by atomic mass is 35.5. The molecule has 5 nitrogen and oxygen atoms in total. The molecule has 1 saturated heterocycles. The molecule has 7 heteroatoms. The molecule has 1 atom stereocenters. The fraction of sp³-hybridized carbons (Fsp3) is 0.538. The monoisotopic (exact) mass is 316 g/mol. The van der Waals surface area contributed by atoms with E-state index in [2.05, 4.69) is 0 Å². The molecule has 0 spiro atoms. The molecule has 2 rings (SSSR count). The smallest absolute Gasteiger partial charge is 0.327 e. The summed E-state index contributed by atoms with van der Waals surface area (Å²) in [7, 11) is 0. The fourth-order valence-corrected chi connectivity index (χ4v) is 3.49. The number of carboxylic acid groups (broad SMARTS) is 1. The zero-order valence-corrected chi connectivity index (χ0v) is 12.9. The molecule has 0 aliphatic carbocycles. The average molecular weight is 317 g/mol. The Bertz CT molecular complexity index is 530. The molecule has 1 aromatic heterocycles. The van der Waals surface area contributed by atoms with Crippen molar-refractivity contribution in [3.63, 3.8) is 0 Å². The second kappa shape index (κ2) is 6.10. The van der Waals surface area contributed by atoms with Gasteiger partial charge in [-0.25, -0.2) is 4.79 Å². The predicted octanol–water partition coefficient (Wildman–Crippen LogP) is 2.36. The molecule has 1 amide bonds. The zero-order valence-electron chi connectivity index (χ0n) is 11.4. The fourth-order valence-electron chi connectivity index (χ4n) is 2.24. The average Bonchev–Trinajstić information content (AvgIpc) is 2.80. The Balaban J connectivity index is 2.32. The van der Waals surface area contributed by atoms with E-state index in [4.69, 9.17) is 11.6 Å². The molecule has 1 unspecified atom stereocenters. The van der Waals surface area contributed by atoms with E-state index in [1.54, 1.807) is 28.6 Å². The van der Waals surface area contributed by atoms with Gasteiger partial charge in [0.15, 0.2) is 0 Å². The Kier molecular flexibility index (Phi) is 4.65. The number of carbonyl (C=O) groups is 2. The molecule has 1 aliphatic rings. The molecule has 0 saturated carbocycles. The number of hydrogen-bond donors (Lipinski definition) is 1. The molecular formula is C13H17ClN2O3S. The molecule has 0 bridgehead atoms. The number of hydrogen-bond acceptors (Lipinski definition) is 3. The summed E-state index contributed by atoms with van der Waals surface area (Å²) < 4.78 is 1.78. The highest BCUT2D eigenvalue weighted by Crippen LogP contribution is 2.24. The minimum absolute atomic E-state index is 0.0869. The van der Waals surface area contributed by atoms with Gasteiger partial charge in [-0.15, -0.1) is 0 Å². The van der Waals surface area contributed by atoms with Crippen molar-refractivity contribution in [2.45, 2.75) is 25.9 Å². The van der Waals surface area contributed by atoms with Crippen molar-refractivity contribution in [2.75, 3.05) is 18.1 Å². The number of thioether (sulfide) groups is 1. The van der Waals surface area contributed by atoms with Gasteiger partial charge < -0.3 is 14.6 Å². The Hall–Kier alpha value is -1.14. The van der Waals surface area contributed by atoms with Crippen LogP contribution in [0.1, 0.15) is 30.4 Å². The lowest BCUT2D eigenvalue weighted by Crippen LogP contribution is -2.50. The van der Waals surface area contributed by atoms with Gasteiger partial charge in [0.25, 0.3) is 5.91 Å². The Morgan fingerprint density at radius 2 is 2.20 bits per heavy atom. The number of carbonyl (C=O) groups excluding carboxylic acids is 1. The van der Waals surface area contributed by atoms with Crippen molar-refractivity contribution in [2.24, 2.45) is 0 Å². The van der Waals surface area contributed by atoms with E-state index in [0.29, 0.717) is 23.0 Å². The summed E-state index contributed by atoms with van der Waals surface area (Å²) in [6.07, 6.45) is 1.70. The van der Waals surface area contributed by atoms with E-state index >= 15 is 0 Å². The molecule has 1 aromatic rings. The second-order valence-electron chi connectivity index (χ2n) is 4.97. The molecule has 0 aromatic carbocycles. The van der Waals surface area contributed by atoms with Crippen LogP contribution in [0.3, 0.4) is 0 Å². The van der Waals surface area contributed by atoms with Gasteiger partial charge in [0.05, 0.1) is 5.02 Å². The Morgan fingerprint density at radius 1 is 1.50 bits per heavy atom. The molecule has 110 valence electrons. The van der Waals surface area contributed by atoms with Crippen LogP contribution < -0.4 is 0 Å². The first kappa shape index (κ1) is 15.3. The highest BCUT2D eigenvalue weighted by molar-refractivity contribution is 7.99. The lowest BCUT2D eigenvalue weighted by Gasteiger charge is -2.33. The van der Waals surface area contributed by atoms with E-state index in [9.17, 15) is 14.7 Å². The number of rotatable bonds is 3. The van der Waals surface area contributed by atoms with Gasteiger partial charge in [0.2, 0.25) is 0 Å². The highest BCUT2D eigenvalue weighted by Gasteiger charge is 2.34. The molecule has 1 aliphatic heterocycles. The van der Waals surface area contributed by atoms with Crippen molar-refractivity contribution >= 4 is 35.2 Å². The first-order valence-electron chi connectivity index (χ1n) is 6.40. The second-order valence-corrected chi connectivity index (χ2v) is 6.56. The third-order valence-electron chi connectivity index (χ3n) is 3.27. The summed E-state index contributed by atoms with van der Waals surface area (Å²) in [5.41, 5.74) is 0.447. The largest absolute Gasteiger partial charge is 0.480 e. The van der Waals surface area contributed by atoms with Crippen molar-refractivity contribution in [1.29, 1.82) is 0 Å². The van der Waals surface area contributed by atoms with Crippen LogP contribution in [0, 0.1) is 0 Å². The Labute approximate surface area is 126 Å². The van der Waals surface area contributed by atoms with Gasteiger partial charge in [0, 0.05) is 30.3 Å². The summed E-state index contributed by atoms with van der Waals surface area (Å²) in [4.78, 5) is 25.3. The van der Waals surface area contributed by atoms with E-state index in [1.807, 2.05) is 13.8 Å². The zero-order chi connectivity index (χ0) is 14.9. The number of aliphatic carboxylic acids is 1. The third-order valence-corrected chi connectivity index (χ3v) is 4.49. The molecule has 1 N–H and O–H groups in total. The third kappa shape index (κ3) is 2.96. The van der Waals surface area contributed by atoms with Gasteiger partial charge in [0.1, 0.15) is 11.7 Å². The summed E-state index contributed by atoms with van der Waals surface area (Å²) in [5, 5.41) is 9.73. The van der Waals surface area contributed by atoms with Crippen LogP contribution in [0.5, 0.6) is 0 Å². The van der Waals surface area contributed by atoms with Gasteiger partial charge in [-0.1, -0.05) is 11.6 Å². The van der Waals surface area contributed by atoms with Gasteiger partial charge in [-0.05, 0) is 19.9 Å². The number of nitrogens with zero attached hydrogens (tertiary/aromatic N) is 2. The molecule has 0 radical (unpaired) electrons. The van der Waals surface area contributed by atoms with Crippen molar-refractivity contribution in [3.8, 4) is 0 Å². The van der Waals surface area contributed by atoms with E-state index in [-0.39, 0.29) is 11.9 Å². The summed E-state index contributed by atoms with van der Waals surface area (Å²) >= 11 is 7.54. The van der Waals surface area contributed by atoms with Crippen LogP contribution in [-0.4, -0.2) is 50.5 Å². The van der Waals surface area contributed by atoms with Crippen LogP contribution in [0.4, 0.5) is 0 Å². The first-order valence-corrected chi connectivity index (χ1v) is 7.94. The first-order chi connectivity index (χ1) is 9.41. The molecule has 1 fully saturated rings. The summed E-state index contributed by atoms with van der Waals surface area (Å²) in [6.45, 7) is 4.35.